The van der Waals surface area contributed by atoms with E-state index in [1.807, 2.05) is 55.5 Å². The predicted molar refractivity (Wildman–Crippen MR) is 143 cm³/mol. The van der Waals surface area contributed by atoms with Gasteiger partial charge in [0.05, 0.1) is 11.1 Å². The number of anilines is 1. The molecule has 9 heteroatoms. The van der Waals surface area contributed by atoms with Crippen molar-refractivity contribution in [1.82, 2.24) is 9.29 Å². The van der Waals surface area contributed by atoms with Gasteiger partial charge in [-0.25, -0.2) is 9.29 Å². The van der Waals surface area contributed by atoms with Crippen LogP contribution in [-0.2, 0) is 11.2 Å². The fraction of sp³-hybridized carbons (Fsp3) is 0.259. The zero-order valence-corrected chi connectivity index (χ0v) is 21.6. The number of hydrogen-bond donors (Lipinski definition) is 1. The van der Waals surface area contributed by atoms with Gasteiger partial charge in [0, 0.05) is 31.1 Å². The Kier molecular flexibility index (Phi) is 8.50. The van der Waals surface area contributed by atoms with Crippen molar-refractivity contribution in [2.75, 3.05) is 31.1 Å². The molecular weight excluding hydrogens is 488 g/mol. The summed E-state index contributed by atoms with van der Waals surface area (Å²) in [6, 6.07) is 24.0. The van der Waals surface area contributed by atoms with Crippen LogP contribution in [0.2, 0.25) is 0 Å². The number of amides is 1. The Bertz CT molecular complexity index is 1300. The summed E-state index contributed by atoms with van der Waals surface area (Å²) < 4.78 is 2.30. The van der Waals surface area contributed by atoms with E-state index in [0.29, 0.717) is 47.0 Å². The highest BCUT2D eigenvalue weighted by Crippen LogP contribution is 2.39. The Morgan fingerprint density at radius 3 is 2.17 bits per heavy atom. The molecule has 1 aliphatic heterocycles. The summed E-state index contributed by atoms with van der Waals surface area (Å²) >= 11 is 2.89. The second-order valence-corrected chi connectivity index (χ2v) is 10.4. The molecule has 7 nitrogen and oxygen atoms in total. The van der Waals surface area contributed by atoms with Crippen molar-refractivity contribution in [3.8, 4) is 12.1 Å². The molecule has 0 radical (unpaired) electrons. The first kappa shape index (κ1) is 25.6. The second kappa shape index (κ2) is 12.0. The van der Waals surface area contributed by atoms with Crippen molar-refractivity contribution in [2.45, 2.75) is 28.5 Å². The van der Waals surface area contributed by atoms with Crippen LogP contribution in [0.15, 0.2) is 70.6 Å². The molecule has 0 bridgehead atoms. The normalized spacial score (nSPS) is 14.6. The van der Waals surface area contributed by atoms with Crippen LogP contribution in [0.3, 0.4) is 0 Å². The van der Waals surface area contributed by atoms with Gasteiger partial charge in [0.2, 0.25) is 5.91 Å². The highest BCUT2D eigenvalue weighted by atomic mass is 32.2. The van der Waals surface area contributed by atoms with Gasteiger partial charge in [-0.05, 0) is 41.6 Å². The van der Waals surface area contributed by atoms with Crippen molar-refractivity contribution in [1.29, 1.82) is 10.5 Å². The van der Waals surface area contributed by atoms with E-state index in [2.05, 4.69) is 33.5 Å². The number of piperazine rings is 1. The summed E-state index contributed by atoms with van der Waals surface area (Å²) in [6.07, 6.45) is 0.505. The number of aromatic nitrogens is 1. The molecule has 2 heterocycles. The smallest absolute Gasteiger partial charge is 0.235 e. The average molecular weight is 515 g/mol. The van der Waals surface area contributed by atoms with Crippen molar-refractivity contribution < 1.29 is 4.79 Å². The van der Waals surface area contributed by atoms with E-state index >= 15 is 0 Å². The lowest BCUT2D eigenvalue weighted by Crippen LogP contribution is -2.44. The SMILES string of the molecule is CCc1c(C#N)c(SC(C(N)=O)c2ccccc2)nc(N2CCN(Sc3ccccc3)CC2)c1C#N. The van der Waals surface area contributed by atoms with Gasteiger partial charge in [0.25, 0.3) is 0 Å². The minimum atomic E-state index is -0.699. The maximum absolute atomic E-state index is 12.4. The third-order valence-electron chi connectivity index (χ3n) is 5.93. The summed E-state index contributed by atoms with van der Waals surface area (Å²) in [5.74, 6) is 0.0592. The number of nitrogens with zero attached hydrogens (tertiary/aromatic N) is 5. The monoisotopic (exact) mass is 514 g/mol. The van der Waals surface area contributed by atoms with Crippen LogP contribution in [-0.4, -0.2) is 41.4 Å². The molecule has 1 atom stereocenters. The zero-order valence-electron chi connectivity index (χ0n) is 19.9. The van der Waals surface area contributed by atoms with E-state index in [1.165, 1.54) is 16.7 Å². The lowest BCUT2D eigenvalue weighted by molar-refractivity contribution is -0.117. The van der Waals surface area contributed by atoms with E-state index in [0.717, 1.165) is 18.7 Å². The fourth-order valence-electron chi connectivity index (χ4n) is 4.15. The van der Waals surface area contributed by atoms with Crippen LogP contribution in [0.1, 0.15) is 34.4 Å². The number of carbonyl (C=O) groups excluding carboxylic acids is 1. The number of benzene rings is 2. The lowest BCUT2D eigenvalue weighted by Gasteiger charge is -2.35. The van der Waals surface area contributed by atoms with Crippen molar-refractivity contribution >= 4 is 35.4 Å². The second-order valence-electron chi connectivity index (χ2n) is 8.18. The Labute approximate surface area is 220 Å². The van der Waals surface area contributed by atoms with Gasteiger partial charge in [0.1, 0.15) is 28.2 Å². The van der Waals surface area contributed by atoms with Gasteiger partial charge in [-0.15, -0.1) is 0 Å². The van der Waals surface area contributed by atoms with Gasteiger partial charge in [-0.2, -0.15) is 10.5 Å². The van der Waals surface area contributed by atoms with Crippen molar-refractivity contribution in [3.05, 3.63) is 82.9 Å². The number of nitrogens with two attached hydrogens (primary N) is 1. The minimum absolute atomic E-state index is 0.336. The number of nitriles is 2. The maximum atomic E-state index is 12.4. The third kappa shape index (κ3) is 5.66. The van der Waals surface area contributed by atoms with Crippen LogP contribution in [0, 0.1) is 22.7 Å². The summed E-state index contributed by atoms with van der Waals surface area (Å²) in [4.78, 5) is 20.5. The molecule has 0 spiro atoms. The minimum Gasteiger partial charge on any atom is -0.368 e. The molecule has 182 valence electrons. The van der Waals surface area contributed by atoms with E-state index in [1.54, 1.807) is 11.9 Å². The van der Waals surface area contributed by atoms with Gasteiger partial charge in [-0.3, -0.25) is 4.79 Å². The zero-order chi connectivity index (χ0) is 25.5. The Hall–Kier alpha value is -3.50. The topological polar surface area (TPSA) is 110 Å². The predicted octanol–water partition coefficient (Wildman–Crippen LogP) is 4.54. The van der Waals surface area contributed by atoms with E-state index in [4.69, 9.17) is 10.7 Å². The molecule has 36 heavy (non-hydrogen) atoms. The van der Waals surface area contributed by atoms with E-state index in [-0.39, 0.29) is 0 Å². The Morgan fingerprint density at radius 1 is 1.00 bits per heavy atom. The van der Waals surface area contributed by atoms with Crippen LogP contribution in [0.25, 0.3) is 0 Å². The summed E-state index contributed by atoms with van der Waals surface area (Å²) in [5, 5.41) is 19.8. The molecule has 2 N–H and O–H groups in total. The number of hydrogen-bond acceptors (Lipinski definition) is 8. The first-order valence-electron chi connectivity index (χ1n) is 11.7. The summed E-state index contributed by atoms with van der Waals surface area (Å²) in [5.41, 5.74) is 7.92. The molecule has 1 aromatic heterocycles. The Morgan fingerprint density at radius 2 is 1.61 bits per heavy atom. The van der Waals surface area contributed by atoms with Gasteiger partial charge in [-0.1, -0.05) is 67.2 Å². The van der Waals surface area contributed by atoms with Crippen molar-refractivity contribution in [3.63, 3.8) is 0 Å². The van der Waals surface area contributed by atoms with Crippen LogP contribution in [0.5, 0.6) is 0 Å². The number of thioether (sulfide) groups is 1. The first-order chi connectivity index (χ1) is 17.5. The third-order valence-corrected chi connectivity index (χ3v) is 8.30. The molecule has 2 aromatic carbocycles. The Balaban J connectivity index is 1.65. The molecule has 3 aromatic rings. The average Bonchev–Trinajstić information content (AvgIpc) is 2.92. The molecule has 4 rings (SSSR count). The summed E-state index contributed by atoms with van der Waals surface area (Å²) in [7, 11) is 0. The molecule has 1 aliphatic rings. The van der Waals surface area contributed by atoms with E-state index in [9.17, 15) is 15.3 Å². The maximum Gasteiger partial charge on any atom is 0.235 e. The van der Waals surface area contributed by atoms with Crippen LogP contribution >= 0.6 is 23.7 Å². The van der Waals surface area contributed by atoms with Crippen molar-refractivity contribution in [2.24, 2.45) is 5.73 Å². The highest BCUT2D eigenvalue weighted by Gasteiger charge is 2.28. The van der Waals surface area contributed by atoms with Gasteiger partial charge in [0.15, 0.2) is 0 Å². The van der Waals surface area contributed by atoms with E-state index < -0.39 is 11.2 Å². The van der Waals surface area contributed by atoms with Crippen LogP contribution < -0.4 is 10.6 Å². The standard InChI is InChI=1S/C27H26N6OS2/c1-2-21-22(17-28)26(32-13-15-33(16-14-32)36-20-11-7-4-8-12-20)31-27(23(21)18-29)35-24(25(30)34)19-9-5-3-6-10-19/h3-12,24H,2,13-16H2,1H3,(H2,30,34). The van der Waals surface area contributed by atoms with Gasteiger partial charge < -0.3 is 10.6 Å². The van der Waals surface area contributed by atoms with Crippen LogP contribution in [0.4, 0.5) is 5.82 Å². The molecule has 1 saturated heterocycles. The number of primary amides is 1. The number of rotatable bonds is 8. The molecule has 0 aliphatic carbocycles. The fourth-order valence-corrected chi connectivity index (χ4v) is 6.13. The molecule has 1 amide bonds. The lowest BCUT2D eigenvalue weighted by atomic mass is 10.0. The number of pyridine rings is 1. The number of carbonyl (C=O) groups is 1. The molecular formula is C27H26N6OS2. The summed E-state index contributed by atoms with van der Waals surface area (Å²) in [6.45, 7) is 4.90. The first-order valence-corrected chi connectivity index (χ1v) is 13.3. The largest absolute Gasteiger partial charge is 0.368 e. The quantitative estimate of drug-likeness (QED) is 0.345. The van der Waals surface area contributed by atoms with Gasteiger partial charge >= 0.3 is 0 Å². The molecule has 1 fully saturated rings. The molecule has 1 unspecified atom stereocenters. The molecule has 0 saturated carbocycles. The highest BCUT2D eigenvalue weighted by molar-refractivity contribution is 8.00.